The number of rotatable bonds is 5. The predicted octanol–water partition coefficient (Wildman–Crippen LogP) is 2.25. The van der Waals surface area contributed by atoms with Crippen LogP contribution in [0.5, 0.6) is 0 Å². The van der Waals surface area contributed by atoms with E-state index in [1.54, 1.807) is 22.3 Å². The topological polar surface area (TPSA) is 117 Å². The highest BCUT2D eigenvalue weighted by Gasteiger charge is 2.24. The molecule has 9 nitrogen and oxygen atoms in total. The Morgan fingerprint density at radius 3 is 2.77 bits per heavy atom. The van der Waals surface area contributed by atoms with E-state index in [0.29, 0.717) is 42.2 Å². The van der Waals surface area contributed by atoms with Crippen molar-refractivity contribution >= 4 is 28.7 Å². The number of carbonyl (C=O) groups excluding carboxylic acids is 1. The Morgan fingerprint density at radius 2 is 2.10 bits per heavy atom. The van der Waals surface area contributed by atoms with E-state index in [2.05, 4.69) is 15.3 Å². The molecule has 1 amide bonds. The molecule has 2 aromatic heterocycles. The number of primary amides is 1. The third-order valence-electron chi connectivity index (χ3n) is 5.40. The molecule has 0 bridgehead atoms. The van der Waals surface area contributed by atoms with Crippen molar-refractivity contribution in [1.29, 1.82) is 0 Å². The van der Waals surface area contributed by atoms with Crippen LogP contribution in [-0.4, -0.2) is 38.2 Å². The molecule has 0 atom stereocenters. The molecule has 3 aromatic rings. The van der Waals surface area contributed by atoms with Crippen LogP contribution in [-0.2, 0) is 11.3 Å². The van der Waals surface area contributed by atoms with E-state index in [1.165, 1.54) is 12.1 Å². The number of nitrogens with two attached hydrogens (primary N) is 1. The van der Waals surface area contributed by atoms with E-state index < -0.39 is 11.7 Å². The van der Waals surface area contributed by atoms with Gasteiger partial charge in [0.1, 0.15) is 11.3 Å². The van der Waals surface area contributed by atoms with Gasteiger partial charge >= 0.3 is 5.69 Å². The number of aryl methyl sites for hydroxylation is 2. The maximum absolute atomic E-state index is 14.2. The minimum atomic E-state index is -0.832. The number of imidazole rings is 1. The first-order valence-corrected chi connectivity index (χ1v) is 9.83. The average molecular weight is 414 g/mol. The van der Waals surface area contributed by atoms with Crippen LogP contribution in [0, 0.1) is 12.7 Å². The molecule has 1 aliphatic heterocycles. The second-order valence-corrected chi connectivity index (χ2v) is 7.28. The SMILES string of the molecule is CCn1c(=O)n(C2CCOCC2)c2nc(Nc3cc(F)c(C(N)=O)cc3C)ncc21. The van der Waals surface area contributed by atoms with Crippen LogP contribution in [0.25, 0.3) is 11.2 Å². The van der Waals surface area contributed by atoms with Crippen molar-refractivity contribution in [3.8, 4) is 0 Å². The Hall–Kier alpha value is -3.27. The number of fused-ring (bicyclic) bond motifs is 1. The van der Waals surface area contributed by atoms with Crippen molar-refractivity contribution in [2.45, 2.75) is 39.3 Å². The van der Waals surface area contributed by atoms with Gasteiger partial charge in [0, 0.05) is 31.5 Å². The summed E-state index contributed by atoms with van der Waals surface area (Å²) in [7, 11) is 0. The molecule has 0 spiro atoms. The maximum atomic E-state index is 14.2. The molecular formula is C20H23FN6O3. The number of amides is 1. The minimum absolute atomic E-state index is 0.00155. The number of aromatic nitrogens is 4. The van der Waals surface area contributed by atoms with Gasteiger partial charge in [-0.2, -0.15) is 4.98 Å². The Kier molecular flexibility index (Phi) is 5.25. The standard InChI is InChI=1S/C20H23FN6O3/c1-3-26-16-10-23-19(24-15-9-14(21)13(17(22)28)8-11(15)2)25-18(16)27(20(26)29)12-4-6-30-7-5-12/h8-10,12H,3-7H2,1-2H3,(H2,22,28)(H,23,24,25). The van der Waals surface area contributed by atoms with E-state index in [-0.39, 0.29) is 23.2 Å². The molecule has 0 saturated carbocycles. The molecule has 1 aliphatic rings. The minimum Gasteiger partial charge on any atom is -0.381 e. The first kappa shape index (κ1) is 20.0. The van der Waals surface area contributed by atoms with Gasteiger partial charge in [0.15, 0.2) is 5.65 Å². The molecular weight excluding hydrogens is 391 g/mol. The van der Waals surface area contributed by atoms with Crippen molar-refractivity contribution in [3.05, 3.63) is 45.8 Å². The second-order valence-electron chi connectivity index (χ2n) is 7.28. The van der Waals surface area contributed by atoms with Crippen molar-refractivity contribution in [1.82, 2.24) is 19.1 Å². The zero-order valence-electron chi connectivity index (χ0n) is 16.8. The van der Waals surface area contributed by atoms with Gasteiger partial charge < -0.3 is 15.8 Å². The van der Waals surface area contributed by atoms with Gasteiger partial charge in [0.25, 0.3) is 5.91 Å². The van der Waals surface area contributed by atoms with Crippen LogP contribution in [0.3, 0.4) is 0 Å². The number of nitrogens with zero attached hydrogens (tertiary/aromatic N) is 4. The number of hydrogen-bond donors (Lipinski definition) is 2. The van der Waals surface area contributed by atoms with Crippen LogP contribution < -0.4 is 16.7 Å². The molecule has 0 radical (unpaired) electrons. The van der Waals surface area contributed by atoms with E-state index in [0.717, 1.165) is 12.8 Å². The smallest absolute Gasteiger partial charge is 0.330 e. The lowest BCUT2D eigenvalue weighted by atomic mass is 10.1. The lowest BCUT2D eigenvalue weighted by molar-refractivity contribution is 0.0694. The summed E-state index contributed by atoms with van der Waals surface area (Å²) in [6.45, 7) is 5.31. The Bertz CT molecular complexity index is 1180. The first-order chi connectivity index (χ1) is 14.4. The van der Waals surface area contributed by atoms with Gasteiger partial charge in [-0.1, -0.05) is 0 Å². The molecule has 30 heavy (non-hydrogen) atoms. The summed E-state index contributed by atoms with van der Waals surface area (Å²) >= 11 is 0. The van der Waals surface area contributed by atoms with E-state index in [9.17, 15) is 14.0 Å². The van der Waals surface area contributed by atoms with Crippen LogP contribution in [0.4, 0.5) is 16.0 Å². The number of benzene rings is 1. The molecule has 158 valence electrons. The summed E-state index contributed by atoms with van der Waals surface area (Å²) in [4.78, 5) is 33.2. The van der Waals surface area contributed by atoms with Gasteiger partial charge in [-0.3, -0.25) is 13.9 Å². The number of anilines is 2. The molecule has 10 heteroatoms. The van der Waals surface area contributed by atoms with E-state index >= 15 is 0 Å². The van der Waals surface area contributed by atoms with Crippen LogP contribution >= 0.6 is 0 Å². The molecule has 0 unspecified atom stereocenters. The zero-order chi connectivity index (χ0) is 21.4. The molecule has 1 aromatic carbocycles. The lowest BCUT2D eigenvalue weighted by Gasteiger charge is -2.22. The van der Waals surface area contributed by atoms with Crippen molar-refractivity contribution in [2.75, 3.05) is 18.5 Å². The predicted molar refractivity (Wildman–Crippen MR) is 109 cm³/mol. The van der Waals surface area contributed by atoms with E-state index in [4.69, 9.17) is 10.5 Å². The molecule has 1 fully saturated rings. The van der Waals surface area contributed by atoms with Crippen LogP contribution in [0.1, 0.15) is 41.7 Å². The van der Waals surface area contributed by atoms with Crippen molar-refractivity contribution < 1.29 is 13.9 Å². The second kappa shape index (κ2) is 7.86. The van der Waals surface area contributed by atoms with Crippen molar-refractivity contribution in [3.63, 3.8) is 0 Å². The number of halogens is 1. The first-order valence-electron chi connectivity index (χ1n) is 9.83. The summed E-state index contributed by atoms with van der Waals surface area (Å²) in [6.07, 6.45) is 3.05. The van der Waals surface area contributed by atoms with Crippen molar-refractivity contribution in [2.24, 2.45) is 5.73 Å². The fraction of sp³-hybridized carbons (Fsp3) is 0.400. The third-order valence-corrected chi connectivity index (χ3v) is 5.40. The summed E-state index contributed by atoms with van der Waals surface area (Å²) in [5.74, 6) is -1.33. The van der Waals surface area contributed by atoms with Crippen LogP contribution in [0.2, 0.25) is 0 Å². The molecule has 4 rings (SSSR count). The average Bonchev–Trinajstić information content (AvgIpc) is 3.01. The van der Waals surface area contributed by atoms with Gasteiger partial charge in [-0.05, 0) is 44.4 Å². The highest BCUT2D eigenvalue weighted by Crippen LogP contribution is 2.26. The fourth-order valence-electron chi connectivity index (χ4n) is 3.82. The van der Waals surface area contributed by atoms with Gasteiger partial charge in [0.05, 0.1) is 11.8 Å². The number of nitrogens with one attached hydrogen (secondary N) is 1. The number of hydrogen-bond acceptors (Lipinski definition) is 6. The lowest BCUT2D eigenvalue weighted by Crippen LogP contribution is -2.30. The van der Waals surface area contributed by atoms with Crippen LogP contribution in [0.15, 0.2) is 23.1 Å². The summed E-state index contributed by atoms with van der Waals surface area (Å²) in [6, 6.07) is 2.56. The molecule has 1 saturated heterocycles. The highest BCUT2D eigenvalue weighted by atomic mass is 19.1. The summed E-state index contributed by atoms with van der Waals surface area (Å²) in [5, 5.41) is 2.98. The Labute approximate surface area is 171 Å². The van der Waals surface area contributed by atoms with E-state index in [1.807, 2.05) is 6.92 Å². The third kappa shape index (κ3) is 3.43. The normalized spacial score (nSPS) is 14.9. The molecule has 3 heterocycles. The van der Waals surface area contributed by atoms with Gasteiger partial charge in [0.2, 0.25) is 5.95 Å². The number of carbonyl (C=O) groups is 1. The summed E-state index contributed by atoms with van der Waals surface area (Å²) in [5.41, 5.74) is 7.09. The Morgan fingerprint density at radius 1 is 1.37 bits per heavy atom. The monoisotopic (exact) mass is 414 g/mol. The zero-order valence-corrected chi connectivity index (χ0v) is 16.8. The largest absolute Gasteiger partial charge is 0.381 e. The quantitative estimate of drug-likeness (QED) is 0.661. The Balaban J connectivity index is 1.77. The maximum Gasteiger partial charge on any atom is 0.330 e. The van der Waals surface area contributed by atoms with Gasteiger partial charge in [-0.15, -0.1) is 0 Å². The number of ether oxygens (including phenoxy) is 1. The fourth-order valence-corrected chi connectivity index (χ4v) is 3.82. The highest BCUT2D eigenvalue weighted by molar-refractivity contribution is 5.94. The summed E-state index contributed by atoms with van der Waals surface area (Å²) < 4.78 is 23.0. The van der Waals surface area contributed by atoms with Gasteiger partial charge in [-0.25, -0.2) is 14.2 Å². The molecule has 0 aliphatic carbocycles. The molecule has 3 N–H and O–H groups in total.